The molecule has 0 aromatic heterocycles. The Bertz CT molecular complexity index is 802. The van der Waals surface area contributed by atoms with Crippen molar-refractivity contribution in [1.82, 2.24) is 0 Å². The highest BCUT2D eigenvalue weighted by Crippen LogP contribution is 2.24. The molecule has 3 rings (SSSR count). The van der Waals surface area contributed by atoms with E-state index in [1.165, 1.54) is 11.1 Å². The molecule has 0 bridgehead atoms. The lowest BCUT2D eigenvalue weighted by Gasteiger charge is -2.14. The van der Waals surface area contributed by atoms with E-state index in [9.17, 15) is 0 Å². The van der Waals surface area contributed by atoms with Crippen LogP contribution in [0.3, 0.4) is 0 Å². The summed E-state index contributed by atoms with van der Waals surface area (Å²) < 4.78 is 7.11. The Hall–Kier alpha value is -2.26. The molecule has 1 N–H and O–H groups in total. The van der Waals surface area contributed by atoms with E-state index in [1.807, 2.05) is 42.5 Å². The molecule has 0 radical (unpaired) electrons. The molecule has 0 fully saturated rings. The topological polar surface area (TPSA) is 21.3 Å². The first kappa shape index (κ1) is 16.6. The maximum Gasteiger partial charge on any atom is 0.124 e. The van der Waals surface area contributed by atoms with Crippen molar-refractivity contribution in [1.29, 1.82) is 0 Å². The van der Waals surface area contributed by atoms with E-state index in [0.717, 1.165) is 28.0 Å². The molecule has 3 heteroatoms. The molecule has 0 aliphatic carbocycles. The first-order chi connectivity index (χ1) is 11.7. The van der Waals surface area contributed by atoms with Crippen LogP contribution in [0.15, 0.2) is 77.3 Å². The Labute approximate surface area is 151 Å². The number of ether oxygens (including phenoxy) is 1. The summed E-state index contributed by atoms with van der Waals surface area (Å²) in [6.07, 6.45) is 0. The summed E-state index contributed by atoms with van der Waals surface area (Å²) in [6, 6.07) is 24.6. The molecule has 2 nitrogen and oxygen atoms in total. The average Bonchev–Trinajstić information content (AvgIpc) is 2.61. The van der Waals surface area contributed by atoms with Crippen molar-refractivity contribution in [3.63, 3.8) is 0 Å². The van der Waals surface area contributed by atoms with Crippen molar-refractivity contribution in [2.45, 2.75) is 20.1 Å². The van der Waals surface area contributed by atoms with Gasteiger partial charge in [-0.3, -0.25) is 0 Å². The van der Waals surface area contributed by atoms with Gasteiger partial charge in [0.25, 0.3) is 0 Å². The van der Waals surface area contributed by atoms with Crippen molar-refractivity contribution >= 4 is 21.6 Å². The van der Waals surface area contributed by atoms with Crippen LogP contribution in [0, 0.1) is 6.92 Å². The Morgan fingerprint density at radius 2 is 1.67 bits per heavy atom. The average molecular weight is 382 g/mol. The molecule has 3 aromatic carbocycles. The first-order valence-electron chi connectivity index (χ1n) is 7.97. The number of rotatable bonds is 6. The van der Waals surface area contributed by atoms with E-state index >= 15 is 0 Å². The number of anilines is 1. The summed E-state index contributed by atoms with van der Waals surface area (Å²) in [5.41, 5.74) is 4.67. The molecule has 0 saturated carbocycles. The summed E-state index contributed by atoms with van der Waals surface area (Å²) in [7, 11) is 0. The Morgan fingerprint density at radius 3 is 2.46 bits per heavy atom. The Kier molecular flexibility index (Phi) is 5.55. The number of halogens is 1. The van der Waals surface area contributed by atoms with E-state index in [2.05, 4.69) is 58.5 Å². The van der Waals surface area contributed by atoms with Gasteiger partial charge in [0.2, 0.25) is 0 Å². The van der Waals surface area contributed by atoms with Gasteiger partial charge in [0.05, 0.1) is 0 Å². The predicted octanol–water partition coefficient (Wildman–Crippen LogP) is 5.95. The molecule has 0 amide bonds. The van der Waals surface area contributed by atoms with Gasteiger partial charge >= 0.3 is 0 Å². The predicted molar refractivity (Wildman–Crippen MR) is 103 cm³/mol. The summed E-state index contributed by atoms with van der Waals surface area (Å²) in [5, 5.41) is 3.49. The normalized spacial score (nSPS) is 10.4. The number of aryl methyl sites for hydroxylation is 1. The number of para-hydroxylation sites is 1. The molecule has 24 heavy (non-hydrogen) atoms. The molecule has 0 aliphatic heterocycles. The van der Waals surface area contributed by atoms with Gasteiger partial charge in [-0.1, -0.05) is 64.5 Å². The Balaban J connectivity index is 1.67. The van der Waals surface area contributed by atoms with Crippen LogP contribution in [0.2, 0.25) is 0 Å². The molecule has 0 unspecified atom stereocenters. The highest BCUT2D eigenvalue weighted by molar-refractivity contribution is 9.10. The fourth-order valence-electron chi connectivity index (χ4n) is 2.54. The number of hydrogen-bond acceptors (Lipinski definition) is 2. The fourth-order valence-corrected chi connectivity index (χ4v) is 3.02. The minimum absolute atomic E-state index is 0.579. The van der Waals surface area contributed by atoms with Gasteiger partial charge < -0.3 is 10.1 Å². The van der Waals surface area contributed by atoms with Crippen LogP contribution in [-0.4, -0.2) is 0 Å². The standard InChI is InChI=1S/C21H20BrNO/c1-16-13-19(22)11-12-20(16)23-14-18-9-5-6-10-21(18)24-15-17-7-3-2-4-8-17/h2-13,23H,14-15H2,1H3. The quantitative estimate of drug-likeness (QED) is 0.569. The molecule has 122 valence electrons. The Morgan fingerprint density at radius 1 is 0.917 bits per heavy atom. The largest absolute Gasteiger partial charge is 0.489 e. The summed E-state index contributed by atoms with van der Waals surface area (Å²) in [4.78, 5) is 0. The zero-order valence-corrected chi connectivity index (χ0v) is 15.2. The van der Waals surface area contributed by atoms with Crippen LogP contribution >= 0.6 is 15.9 Å². The lowest BCUT2D eigenvalue weighted by atomic mass is 10.1. The second kappa shape index (κ2) is 8.02. The van der Waals surface area contributed by atoms with Crippen molar-refractivity contribution in [3.05, 3.63) is 94.0 Å². The van der Waals surface area contributed by atoms with Crippen LogP contribution in [0.1, 0.15) is 16.7 Å². The summed E-state index contributed by atoms with van der Waals surface area (Å²) >= 11 is 3.50. The third-order valence-corrected chi connectivity index (χ3v) is 4.36. The van der Waals surface area contributed by atoms with Crippen LogP contribution < -0.4 is 10.1 Å². The van der Waals surface area contributed by atoms with Crippen LogP contribution in [0.4, 0.5) is 5.69 Å². The molecule has 0 atom stereocenters. The number of nitrogens with one attached hydrogen (secondary N) is 1. The van der Waals surface area contributed by atoms with E-state index in [4.69, 9.17) is 4.74 Å². The fraction of sp³-hybridized carbons (Fsp3) is 0.143. The van der Waals surface area contributed by atoms with Crippen molar-refractivity contribution in [2.24, 2.45) is 0 Å². The second-order valence-corrected chi connectivity index (χ2v) is 6.61. The third kappa shape index (κ3) is 4.39. The number of hydrogen-bond donors (Lipinski definition) is 1. The second-order valence-electron chi connectivity index (χ2n) is 5.69. The van der Waals surface area contributed by atoms with Crippen LogP contribution in [0.25, 0.3) is 0 Å². The maximum atomic E-state index is 6.01. The lowest BCUT2D eigenvalue weighted by molar-refractivity contribution is 0.303. The van der Waals surface area contributed by atoms with Crippen molar-refractivity contribution in [2.75, 3.05) is 5.32 Å². The molecule has 0 saturated heterocycles. The van der Waals surface area contributed by atoms with Gasteiger partial charge in [-0.15, -0.1) is 0 Å². The van der Waals surface area contributed by atoms with Crippen molar-refractivity contribution < 1.29 is 4.74 Å². The maximum absolute atomic E-state index is 6.01. The molecule has 0 heterocycles. The molecular weight excluding hydrogens is 362 g/mol. The first-order valence-corrected chi connectivity index (χ1v) is 8.76. The zero-order chi connectivity index (χ0) is 16.8. The minimum atomic E-state index is 0.579. The van der Waals surface area contributed by atoms with Crippen LogP contribution in [-0.2, 0) is 13.2 Å². The summed E-state index contributed by atoms with van der Waals surface area (Å²) in [6.45, 7) is 3.41. The molecular formula is C21H20BrNO. The smallest absolute Gasteiger partial charge is 0.124 e. The van der Waals surface area contributed by atoms with Crippen LogP contribution in [0.5, 0.6) is 5.75 Å². The SMILES string of the molecule is Cc1cc(Br)ccc1NCc1ccccc1OCc1ccccc1. The van der Waals surface area contributed by atoms with E-state index in [-0.39, 0.29) is 0 Å². The zero-order valence-electron chi connectivity index (χ0n) is 13.6. The number of benzene rings is 3. The van der Waals surface area contributed by atoms with Gasteiger partial charge in [0, 0.05) is 22.3 Å². The van der Waals surface area contributed by atoms with Gasteiger partial charge in [0.1, 0.15) is 12.4 Å². The highest BCUT2D eigenvalue weighted by Gasteiger charge is 2.05. The van der Waals surface area contributed by atoms with E-state index in [0.29, 0.717) is 6.61 Å². The minimum Gasteiger partial charge on any atom is -0.489 e. The van der Waals surface area contributed by atoms with E-state index < -0.39 is 0 Å². The van der Waals surface area contributed by atoms with Gasteiger partial charge in [-0.05, 0) is 42.3 Å². The third-order valence-electron chi connectivity index (χ3n) is 3.87. The summed E-state index contributed by atoms with van der Waals surface area (Å²) in [5.74, 6) is 0.920. The molecule has 0 spiro atoms. The monoisotopic (exact) mass is 381 g/mol. The van der Waals surface area contributed by atoms with Gasteiger partial charge in [-0.2, -0.15) is 0 Å². The van der Waals surface area contributed by atoms with Gasteiger partial charge in [-0.25, -0.2) is 0 Å². The lowest BCUT2D eigenvalue weighted by Crippen LogP contribution is -2.04. The van der Waals surface area contributed by atoms with E-state index in [1.54, 1.807) is 0 Å². The highest BCUT2D eigenvalue weighted by atomic mass is 79.9. The van der Waals surface area contributed by atoms with Crippen molar-refractivity contribution in [3.8, 4) is 5.75 Å². The molecule has 0 aliphatic rings. The molecule has 3 aromatic rings. The van der Waals surface area contributed by atoms with Gasteiger partial charge in [0.15, 0.2) is 0 Å².